The summed E-state index contributed by atoms with van der Waals surface area (Å²) in [6, 6.07) is 6.30. The third-order valence-electron chi connectivity index (χ3n) is 4.53. The molecule has 2 fully saturated rings. The molecule has 2 aliphatic heterocycles. The Morgan fingerprint density at radius 1 is 1.27 bits per heavy atom. The highest BCUT2D eigenvalue weighted by atomic mass is 16.2. The third-order valence-corrected chi connectivity index (χ3v) is 4.53. The van der Waals surface area contributed by atoms with Crippen LogP contribution in [0, 0.1) is 0 Å². The van der Waals surface area contributed by atoms with Crippen LogP contribution < -0.4 is 10.2 Å². The zero-order chi connectivity index (χ0) is 15.4. The molecule has 120 valence electrons. The first kappa shape index (κ1) is 15.2. The van der Waals surface area contributed by atoms with Gasteiger partial charge in [-0.05, 0) is 19.1 Å². The Labute approximate surface area is 132 Å². The number of piperazine rings is 2. The van der Waals surface area contributed by atoms with E-state index in [2.05, 4.69) is 27.0 Å². The van der Waals surface area contributed by atoms with Crippen molar-refractivity contribution in [1.82, 2.24) is 20.1 Å². The van der Waals surface area contributed by atoms with Crippen molar-refractivity contribution >= 4 is 11.7 Å². The van der Waals surface area contributed by atoms with E-state index >= 15 is 0 Å². The molecule has 0 unspecified atom stereocenters. The number of aromatic nitrogens is 1. The number of rotatable bonds is 3. The van der Waals surface area contributed by atoms with Crippen molar-refractivity contribution in [3.63, 3.8) is 0 Å². The van der Waals surface area contributed by atoms with Crippen molar-refractivity contribution in [2.45, 2.75) is 13.0 Å². The van der Waals surface area contributed by atoms with E-state index in [9.17, 15) is 4.79 Å². The standard InChI is InChI=1S/C16H25N5O/c1-14-12-17-6-7-21(14)16(22)13-19-8-10-20(11-9-19)15-4-2-3-5-18-15/h2-5,14,17H,6-13H2,1H3/t14-/m0/s1. The van der Waals surface area contributed by atoms with E-state index in [0.717, 1.165) is 51.6 Å². The number of hydrogen-bond acceptors (Lipinski definition) is 5. The zero-order valence-electron chi connectivity index (χ0n) is 13.2. The Kier molecular flexibility index (Phi) is 4.90. The van der Waals surface area contributed by atoms with Crippen molar-refractivity contribution in [3.8, 4) is 0 Å². The Morgan fingerprint density at radius 2 is 2.09 bits per heavy atom. The summed E-state index contributed by atoms with van der Waals surface area (Å²) < 4.78 is 0. The van der Waals surface area contributed by atoms with Crippen LogP contribution in [0.2, 0.25) is 0 Å². The lowest BCUT2D eigenvalue weighted by atomic mass is 10.2. The number of nitrogens with zero attached hydrogens (tertiary/aromatic N) is 4. The topological polar surface area (TPSA) is 51.7 Å². The summed E-state index contributed by atoms with van der Waals surface area (Å²) in [6.45, 7) is 8.99. The van der Waals surface area contributed by atoms with E-state index in [1.807, 2.05) is 29.3 Å². The van der Waals surface area contributed by atoms with E-state index in [1.165, 1.54) is 0 Å². The van der Waals surface area contributed by atoms with Crippen molar-refractivity contribution in [2.24, 2.45) is 0 Å². The van der Waals surface area contributed by atoms with Gasteiger partial charge in [0.1, 0.15) is 5.82 Å². The van der Waals surface area contributed by atoms with Crippen LogP contribution in [-0.2, 0) is 4.79 Å². The fourth-order valence-electron chi connectivity index (χ4n) is 3.17. The van der Waals surface area contributed by atoms with E-state index in [-0.39, 0.29) is 5.91 Å². The highest BCUT2D eigenvalue weighted by Gasteiger charge is 2.26. The monoisotopic (exact) mass is 303 g/mol. The molecule has 6 nitrogen and oxygen atoms in total. The van der Waals surface area contributed by atoms with Crippen LogP contribution in [0.4, 0.5) is 5.82 Å². The predicted molar refractivity (Wildman–Crippen MR) is 86.9 cm³/mol. The molecule has 0 bridgehead atoms. The zero-order valence-corrected chi connectivity index (χ0v) is 13.2. The van der Waals surface area contributed by atoms with Crippen molar-refractivity contribution in [1.29, 1.82) is 0 Å². The maximum Gasteiger partial charge on any atom is 0.237 e. The van der Waals surface area contributed by atoms with Gasteiger partial charge >= 0.3 is 0 Å². The summed E-state index contributed by atoms with van der Waals surface area (Å²) in [5.41, 5.74) is 0. The lowest BCUT2D eigenvalue weighted by molar-refractivity contribution is -0.135. The molecule has 1 atom stereocenters. The molecule has 22 heavy (non-hydrogen) atoms. The second kappa shape index (κ2) is 7.07. The molecule has 0 saturated carbocycles. The summed E-state index contributed by atoms with van der Waals surface area (Å²) in [4.78, 5) is 23.4. The second-order valence-electron chi connectivity index (χ2n) is 6.09. The molecule has 1 N–H and O–H groups in total. The maximum atomic E-state index is 12.5. The fraction of sp³-hybridized carbons (Fsp3) is 0.625. The van der Waals surface area contributed by atoms with Gasteiger partial charge in [0.15, 0.2) is 0 Å². The molecule has 1 amide bonds. The minimum Gasteiger partial charge on any atom is -0.354 e. The third kappa shape index (κ3) is 3.56. The summed E-state index contributed by atoms with van der Waals surface area (Å²) >= 11 is 0. The van der Waals surface area contributed by atoms with Crippen molar-refractivity contribution in [3.05, 3.63) is 24.4 Å². The molecule has 0 radical (unpaired) electrons. The molecular formula is C16H25N5O. The molecule has 1 aromatic heterocycles. The van der Waals surface area contributed by atoms with Crippen LogP contribution in [0.3, 0.4) is 0 Å². The maximum absolute atomic E-state index is 12.5. The van der Waals surface area contributed by atoms with Gasteiger partial charge in [0.05, 0.1) is 6.54 Å². The number of carbonyl (C=O) groups excluding carboxylic acids is 1. The van der Waals surface area contributed by atoms with Crippen LogP contribution in [0.25, 0.3) is 0 Å². The van der Waals surface area contributed by atoms with Crippen molar-refractivity contribution in [2.75, 3.05) is 57.3 Å². The molecule has 2 saturated heterocycles. The van der Waals surface area contributed by atoms with Crippen LogP contribution in [0.5, 0.6) is 0 Å². The van der Waals surface area contributed by atoms with Gasteiger partial charge in [-0.25, -0.2) is 4.98 Å². The minimum absolute atomic E-state index is 0.264. The molecular weight excluding hydrogens is 278 g/mol. The summed E-state index contributed by atoms with van der Waals surface area (Å²) in [5.74, 6) is 1.30. The van der Waals surface area contributed by atoms with Crippen LogP contribution in [0.15, 0.2) is 24.4 Å². The number of amides is 1. The highest BCUT2D eigenvalue weighted by Crippen LogP contribution is 2.13. The van der Waals surface area contributed by atoms with Crippen LogP contribution >= 0.6 is 0 Å². The van der Waals surface area contributed by atoms with Gasteiger partial charge in [0, 0.05) is 58.1 Å². The first-order chi connectivity index (χ1) is 10.7. The SMILES string of the molecule is C[C@H]1CNCCN1C(=O)CN1CCN(c2ccccn2)CC1. The lowest BCUT2D eigenvalue weighted by Crippen LogP contribution is -2.56. The summed E-state index contributed by atoms with van der Waals surface area (Å²) in [6.07, 6.45) is 1.83. The van der Waals surface area contributed by atoms with E-state index < -0.39 is 0 Å². The Balaban J connectivity index is 1.48. The lowest BCUT2D eigenvalue weighted by Gasteiger charge is -2.38. The minimum atomic E-state index is 0.264. The molecule has 0 aromatic carbocycles. The fourth-order valence-corrected chi connectivity index (χ4v) is 3.17. The molecule has 6 heteroatoms. The van der Waals surface area contributed by atoms with E-state index in [1.54, 1.807) is 0 Å². The van der Waals surface area contributed by atoms with Gasteiger partial charge in [0.25, 0.3) is 0 Å². The highest BCUT2D eigenvalue weighted by molar-refractivity contribution is 5.78. The van der Waals surface area contributed by atoms with Crippen LogP contribution in [0.1, 0.15) is 6.92 Å². The number of carbonyl (C=O) groups is 1. The summed E-state index contributed by atoms with van der Waals surface area (Å²) in [7, 11) is 0. The molecule has 3 rings (SSSR count). The Morgan fingerprint density at radius 3 is 2.77 bits per heavy atom. The molecule has 1 aromatic rings. The number of pyridine rings is 1. The smallest absolute Gasteiger partial charge is 0.237 e. The average molecular weight is 303 g/mol. The number of nitrogens with one attached hydrogen (secondary N) is 1. The Hall–Kier alpha value is -1.66. The number of hydrogen-bond donors (Lipinski definition) is 1. The van der Waals surface area contributed by atoms with E-state index in [0.29, 0.717) is 12.6 Å². The van der Waals surface area contributed by atoms with Gasteiger partial charge in [-0.2, -0.15) is 0 Å². The first-order valence-corrected chi connectivity index (χ1v) is 8.12. The van der Waals surface area contributed by atoms with Gasteiger partial charge in [-0.3, -0.25) is 9.69 Å². The first-order valence-electron chi connectivity index (χ1n) is 8.12. The molecule has 2 aliphatic rings. The predicted octanol–water partition coefficient (Wildman–Crippen LogP) is 0.0239. The number of anilines is 1. The average Bonchev–Trinajstić information content (AvgIpc) is 2.57. The van der Waals surface area contributed by atoms with Crippen molar-refractivity contribution < 1.29 is 4.79 Å². The molecule has 0 spiro atoms. The second-order valence-corrected chi connectivity index (χ2v) is 6.09. The normalized spacial score (nSPS) is 23.6. The Bertz CT molecular complexity index is 487. The van der Waals surface area contributed by atoms with Gasteiger partial charge < -0.3 is 15.1 Å². The van der Waals surface area contributed by atoms with Crippen LogP contribution in [-0.4, -0.2) is 79.1 Å². The molecule has 0 aliphatic carbocycles. The van der Waals surface area contributed by atoms with Gasteiger partial charge in [-0.1, -0.05) is 6.07 Å². The van der Waals surface area contributed by atoms with Gasteiger partial charge in [0.2, 0.25) is 5.91 Å². The summed E-state index contributed by atoms with van der Waals surface area (Å²) in [5, 5.41) is 3.33. The van der Waals surface area contributed by atoms with E-state index in [4.69, 9.17) is 0 Å². The quantitative estimate of drug-likeness (QED) is 0.853. The largest absolute Gasteiger partial charge is 0.354 e. The molecule has 3 heterocycles. The van der Waals surface area contributed by atoms with Gasteiger partial charge in [-0.15, -0.1) is 0 Å².